The van der Waals surface area contributed by atoms with Crippen LogP contribution in [0.15, 0.2) is 24.3 Å². The molecule has 2 heterocycles. The number of hydrogen-bond donors (Lipinski definition) is 2. The number of piperidine rings is 2. The minimum absolute atomic E-state index is 0.0445. The summed E-state index contributed by atoms with van der Waals surface area (Å²) in [6.45, 7) is 0.500. The van der Waals surface area contributed by atoms with Crippen LogP contribution in [0.1, 0.15) is 32.6 Å². The standard InChI is InChI=1S/C19H25F2N3O3/c1-12-11-13(8-9-22-12)17(25)23-16-3-2-10-24(18(16)26)14-4-6-15(7-5-14)27-19(20)21/h4-7,12-13,16,19,22H,2-3,8-11H2,1H3,(H,23,25)/t12-,13-,16?/m0/s1. The number of rotatable bonds is 5. The van der Waals surface area contributed by atoms with Crippen molar-refractivity contribution < 1.29 is 23.1 Å². The number of alkyl halides is 2. The van der Waals surface area contributed by atoms with Crippen LogP contribution in [0.2, 0.25) is 0 Å². The fraction of sp³-hybridized carbons (Fsp3) is 0.579. The van der Waals surface area contributed by atoms with Crippen LogP contribution in [-0.4, -0.2) is 43.6 Å². The third-order valence-electron chi connectivity index (χ3n) is 5.12. The van der Waals surface area contributed by atoms with Crippen LogP contribution in [0.5, 0.6) is 5.75 Å². The monoisotopic (exact) mass is 381 g/mol. The highest BCUT2D eigenvalue weighted by atomic mass is 19.3. The van der Waals surface area contributed by atoms with Gasteiger partial charge in [0.25, 0.3) is 0 Å². The first-order valence-corrected chi connectivity index (χ1v) is 9.34. The van der Waals surface area contributed by atoms with E-state index in [0.29, 0.717) is 24.7 Å². The van der Waals surface area contributed by atoms with Crippen LogP contribution in [-0.2, 0) is 9.59 Å². The maximum Gasteiger partial charge on any atom is 0.387 e. The van der Waals surface area contributed by atoms with Crippen LogP contribution in [0.25, 0.3) is 0 Å². The zero-order valence-electron chi connectivity index (χ0n) is 15.3. The van der Waals surface area contributed by atoms with E-state index in [4.69, 9.17) is 0 Å². The summed E-state index contributed by atoms with van der Waals surface area (Å²) >= 11 is 0. The first-order valence-electron chi connectivity index (χ1n) is 9.34. The lowest BCUT2D eigenvalue weighted by Crippen LogP contribution is -2.54. The molecule has 2 fully saturated rings. The smallest absolute Gasteiger partial charge is 0.387 e. The number of amides is 2. The SMILES string of the molecule is C[C@H]1C[C@@H](C(=O)NC2CCCN(c3ccc(OC(F)F)cc3)C2=O)CCN1. The fourth-order valence-electron chi connectivity index (χ4n) is 3.73. The van der Waals surface area contributed by atoms with Crippen molar-refractivity contribution in [3.63, 3.8) is 0 Å². The van der Waals surface area contributed by atoms with Gasteiger partial charge in [0.05, 0.1) is 0 Å². The van der Waals surface area contributed by atoms with Gasteiger partial charge in [-0.3, -0.25) is 9.59 Å². The highest BCUT2D eigenvalue weighted by Gasteiger charge is 2.33. The van der Waals surface area contributed by atoms with Crippen LogP contribution in [0.3, 0.4) is 0 Å². The third-order valence-corrected chi connectivity index (χ3v) is 5.12. The predicted molar refractivity (Wildman–Crippen MR) is 96.8 cm³/mol. The summed E-state index contributed by atoms with van der Waals surface area (Å²) in [4.78, 5) is 27.0. The van der Waals surface area contributed by atoms with Crippen LogP contribution < -0.4 is 20.3 Å². The number of nitrogens with zero attached hydrogens (tertiary/aromatic N) is 1. The molecule has 148 valence electrons. The van der Waals surface area contributed by atoms with Gasteiger partial charge in [0, 0.05) is 24.2 Å². The van der Waals surface area contributed by atoms with Gasteiger partial charge in [-0.15, -0.1) is 0 Å². The lowest BCUT2D eigenvalue weighted by atomic mass is 9.92. The van der Waals surface area contributed by atoms with E-state index in [1.54, 1.807) is 17.0 Å². The van der Waals surface area contributed by atoms with Crippen LogP contribution in [0, 0.1) is 5.92 Å². The van der Waals surface area contributed by atoms with Gasteiger partial charge in [0.2, 0.25) is 11.8 Å². The average molecular weight is 381 g/mol. The minimum atomic E-state index is -2.88. The van der Waals surface area contributed by atoms with E-state index in [9.17, 15) is 18.4 Å². The molecule has 3 atom stereocenters. The average Bonchev–Trinajstić information content (AvgIpc) is 2.64. The Morgan fingerprint density at radius 2 is 2.04 bits per heavy atom. The fourth-order valence-corrected chi connectivity index (χ4v) is 3.73. The molecule has 0 radical (unpaired) electrons. The zero-order chi connectivity index (χ0) is 19.4. The Bertz CT molecular complexity index is 669. The van der Waals surface area contributed by atoms with Crippen molar-refractivity contribution in [2.75, 3.05) is 18.0 Å². The second kappa shape index (κ2) is 8.65. The lowest BCUT2D eigenvalue weighted by Gasteiger charge is -2.34. The normalized spacial score (nSPS) is 26.1. The Morgan fingerprint density at radius 3 is 2.70 bits per heavy atom. The van der Waals surface area contributed by atoms with Gasteiger partial charge in [-0.25, -0.2) is 0 Å². The highest BCUT2D eigenvalue weighted by Crippen LogP contribution is 2.25. The first kappa shape index (κ1) is 19.5. The molecular formula is C19H25F2N3O3. The van der Waals surface area contributed by atoms with Gasteiger partial charge in [0.15, 0.2) is 0 Å². The quantitative estimate of drug-likeness (QED) is 0.821. The number of hydrogen-bond acceptors (Lipinski definition) is 4. The predicted octanol–water partition coefficient (Wildman–Crippen LogP) is 2.29. The molecule has 0 saturated carbocycles. The molecule has 3 rings (SSSR count). The summed E-state index contributed by atoms with van der Waals surface area (Å²) in [6, 6.07) is 5.72. The molecule has 1 aromatic rings. The minimum Gasteiger partial charge on any atom is -0.435 e. The number of benzene rings is 1. The van der Waals surface area contributed by atoms with Crippen molar-refractivity contribution >= 4 is 17.5 Å². The topological polar surface area (TPSA) is 70.7 Å². The van der Waals surface area contributed by atoms with Gasteiger partial charge >= 0.3 is 6.61 Å². The number of carbonyl (C=O) groups excluding carboxylic acids is 2. The van der Waals surface area contributed by atoms with Crippen molar-refractivity contribution in [3.8, 4) is 5.75 Å². The zero-order valence-corrected chi connectivity index (χ0v) is 15.3. The van der Waals surface area contributed by atoms with Gasteiger partial charge in [-0.1, -0.05) is 0 Å². The maximum atomic E-state index is 12.8. The van der Waals surface area contributed by atoms with Gasteiger partial charge < -0.3 is 20.3 Å². The van der Waals surface area contributed by atoms with E-state index in [1.165, 1.54) is 12.1 Å². The number of carbonyl (C=O) groups is 2. The third kappa shape index (κ3) is 4.94. The maximum absolute atomic E-state index is 12.8. The molecule has 2 saturated heterocycles. The van der Waals surface area contributed by atoms with E-state index in [-0.39, 0.29) is 23.5 Å². The molecule has 0 spiro atoms. The molecule has 27 heavy (non-hydrogen) atoms. The van der Waals surface area contributed by atoms with Crippen molar-refractivity contribution in [2.24, 2.45) is 5.92 Å². The van der Waals surface area contributed by atoms with Gasteiger partial charge in [-0.2, -0.15) is 8.78 Å². The number of nitrogens with one attached hydrogen (secondary N) is 2. The second-order valence-electron chi connectivity index (χ2n) is 7.14. The Hall–Kier alpha value is -2.22. The Kier molecular flexibility index (Phi) is 6.26. The summed E-state index contributed by atoms with van der Waals surface area (Å²) in [7, 11) is 0. The highest BCUT2D eigenvalue weighted by molar-refractivity contribution is 6.00. The molecule has 2 amide bonds. The number of halogens is 2. The molecular weight excluding hydrogens is 356 g/mol. The van der Waals surface area contributed by atoms with Crippen LogP contribution in [0.4, 0.5) is 14.5 Å². The molecule has 2 aliphatic heterocycles. The molecule has 1 aromatic carbocycles. The summed E-state index contributed by atoms with van der Waals surface area (Å²) in [5.41, 5.74) is 0.607. The molecule has 6 nitrogen and oxygen atoms in total. The van der Waals surface area contributed by atoms with Crippen LogP contribution >= 0.6 is 0 Å². The number of anilines is 1. The lowest BCUT2D eigenvalue weighted by molar-refractivity contribution is -0.131. The van der Waals surface area contributed by atoms with E-state index in [1.807, 2.05) is 6.92 Å². The Morgan fingerprint density at radius 1 is 1.30 bits per heavy atom. The van der Waals surface area contributed by atoms with E-state index in [2.05, 4.69) is 15.4 Å². The molecule has 0 aromatic heterocycles. The van der Waals surface area contributed by atoms with E-state index >= 15 is 0 Å². The molecule has 8 heteroatoms. The molecule has 2 N–H and O–H groups in total. The van der Waals surface area contributed by atoms with Crippen molar-refractivity contribution in [1.82, 2.24) is 10.6 Å². The largest absolute Gasteiger partial charge is 0.435 e. The molecule has 0 bridgehead atoms. The summed E-state index contributed by atoms with van der Waals surface area (Å²) < 4.78 is 28.8. The Labute approximate surface area is 157 Å². The van der Waals surface area contributed by atoms with Crippen molar-refractivity contribution in [2.45, 2.75) is 51.3 Å². The summed E-state index contributed by atoms with van der Waals surface area (Å²) in [6.07, 6.45) is 2.90. The second-order valence-corrected chi connectivity index (χ2v) is 7.14. The van der Waals surface area contributed by atoms with Gasteiger partial charge in [-0.05, 0) is 63.4 Å². The number of ether oxygens (including phenoxy) is 1. The summed E-state index contributed by atoms with van der Waals surface area (Å²) in [5.74, 6) is -0.262. The molecule has 2 aliphatic rings. The van der Waals surface area contributed by atoms with Crippen molar-refractivity contribution in [1.29, 1.82) is 0 Å². The molecule has 0 aliphatic carbocycles. The van der Waals surface area contributed by atoms with E-state index < -0.39 is 12.7 Å². The van der Waals surface area contributed by atoms with E-state index in [0.717, 1.165) is 25.8 Å². The first-order chi connectivity index (χ1) is 12.9. The Balaban J connectivity index is 1.62. The van der Waals surface area contributed by atoms with Crippen molar-refractivity contribution in [3.05, 3.63) is 24.3 Å². The van der Waals surface area contributed by atoms with Gasteiger partial charge in [0.1, 0.15) is 11.8 Å². The summed E-state index contributed by atoms with van der Waals surface area (Å²) in [5, 5.41) is 6.23. The molecule has 1 unspecified atom stereocenters.